The van der Waals surface area contributed by atoms with E-state index in [9.17, 15) is 13.9 Å². The molecule has 0 aliphatic carbocycles. The zero-order valence-electron chi connectivity index (χ0n) is 7.52. The van der Waals surface area contributed by atoms with E-state index in [0.29, 0.717) is 0 Å². The molecule has 0 bridgehead atoms. The van der Waals surface area contributed by atoms with Crippen molar-refractivity contribution in [3.63, 3.8) is 0 Å². The number of benzene rings is 1. The molecule has 0 spiro atoms. The fourth-order valence-corrected chi connectivity index (χ4v) is 1.46. The van der Waals surface area contributed by atoms with Crippen molar-refractivity contribution in [2.45, 2.75) is 6.10 Å². The van der Waals surface area contributed by atoms with Gasteiger partial charge in [-0.2, -0.15) is 0 Å². The molecule has 1 aromatic carbocycles. The highest BCUT2D eigenvalue weighted by atomic mass is 79.9. The summed E-state index contributed by atoms with van der Waals surface area (Å²) in [7, 11) is 1.64. The molecule has 0 fully saturated rings. The maximum absolute atomic E-state index is 13.4. The Morgan fingerprint density at radius 2 is 2.14 bits per heavy atom. The van der Waals surface area contributed by atoms with E-state index in [2.05, 4.69) is 21.2 Å². The van der Waals surface area contributed by atoms with Crippen LogP contribution in [0.25, 0.3) is 0 Å². The van der Waals surface area contributed by atoms with Crippen LogP contribution in [0.1, 0.15) is 11.7 Å². The van der Waals surface area contributed by atoms with Crippen LogP contribution in [0, 0.1) is 11.6 Å². The Kier molecular flexibility index (Phi) is 3.97. The van der Waals surface area contributed by atoms with Gasteiger partial charge in [0.15, 0.2) is 0 Å². The van der Waals surface area contributed by atoms with Gasteiger partial charge in [0, 0.05) is 12.1 Å². The van der Waals surface area contributed by atoms with E-state index >= 15 is 0 Å². The number of hydrogen-bond acceptors (Lipinski definition) is 2. The molecule has 2 nitrogen and oxygen atoms in total. The Balaban J connectivity index is 3.04. The van der Waals surface area contributed by atoms with E-state index in [-0.39, 0.29) is 16.6 Å². The first-order valence-corrected chi connectivity index (χ1v) is 4.83. The highest BCUT2D eigenvalue weighted by molar-refractivity contribution is 9.10. The quantitative estimate of drug-likeness (QED) is 0.820. The van der Waals surface area contributed by atoms with Gasteiger partial charge in [-0.25, -0.2) is 8.78 Å². The molecule has 0 aliphatic heterocycles. The number of aliphatic hydroxyl groups is 1. The lowest BCUT2D eigenvalue weighted by Crippen LogP contribution is -2.17. The fourth-order valence-electron chi connectivity index (χ4n) is 1.10. The molecule has 2 N–H and O–H groups in total. The van der Waals surface area contributed by atoms with Crippen molar-refractivity contribution in [1.82, 2.24) is 5.32 Å². The van der Waals surface area contributed by atoms with Gasteiger partial charge in [-0.3, -0.25) is 0 Å². The maximum Gasteiger partial charge on any atom is 0.146 e. The summed E-state index contributed by atoms with van der Waals surface area (Å²) in [6.45, 7) is 0.217. The second kappa shape index (κ2) is 4.82. The van der Waals surface area contributed by atoms with Crippen LogP contribution in [0.5, 0.6) is 0 Å². The van der Waals surface area contributed by atoms with Crippen LogP contribution in [0.4, 0.5) is 8.78 Å². The highest BCUT2D eigenvalue weighted by Gasteiger charge is 2.16. The largest absolute Gasteiger partial charge is 0.387 e. The summed E-state index contributed by atoms with van der Waals surface area (Å²) in [5.41, 5.74) is 0.0765. The molecule has 78 valence electrons. The summed E-state index contributed by atoms with van der Waals surface area (Å²) in [6, 6.07) is 2.35. The maximum atomic E-state index is 13.4. The Bertz CT molecular complexity index is 333. The van der Waals surface area contributed by atoms with Gasteiger partial charge in [0.25, 0.3) is 0 Å². The molecular formula is C9H10BrF2NO. The predicted octanol–water partition coefficient (Wildman–Crippen LogP) is 1.98. The van der Waals surface area contributed by atoms with Gasteiger partial charge in [0.2, 0.25) is 0 Å². The van der Waals surface area contributed by atoms with Gasteiger partial charge in [0.05, 0.1) is 10.6 Å². The SMILES string of the molecule is CNCC(O)c1ccc(F)c(Br)c1F. The van der Waals surface area contributed by atoms with E-state index in [4.69, 9.17) is 0 Å². The third kappa shape index (κ3) is 2.29. The smallest absolute Gasteiger partial charge is 0.146 e. The van der Waals surface area contributed by atoms with Crippen molar-refractivity contribution in [3.05, 3.63) is 33.8 Å². The van der Waals surface area contributed by atoms with Gasteiger partial charge in [-0.1, -0.05) is 6.07 Å². The molecule has 1 aromatic rings. The zero-order chi connectivity index (χ0) is 10.7. The van der Waals surface area contributed by atoms with E-state index in [0.717, 1.165) is 6.07 Å². The number of nitrogens with one attached hydrogen (secondary N) is 1. The normalized spacial score (nSPS) is 12.9. The summed E-state index contributed by atoms with van der Waals surface area (Å²) in [6.07, 6.45) is -0.975. The number of aliphatic hydroxyl groups excluding tert-OH is 1. The average Bonchev–Trinajstić information content (AvgIpc) is 2.15. The number of hydrogen-bond donors (Lipinski definition) is 2. The van der Waals surface area contributed by atoms with Crippen molar-refractivity contribution in [3.8, 4) is 0 Å². The van der Waals surface area contributed by atoms with Gasteiger partial charge >= 0.3 is 0 Å². The van der Waals surface area contributed by atoms with Gasteiger partial charge in [-0.05, 0) is 29.0 Å². The van der Waals surface area contributed by atoms with E-state index < -0.39 is 17.7 Å². The van der Waals surface area contributed by atoms with Crippen LogP contribution >= 0.6 is 15.9 Å². The van der Waals surface area contributed by atoms with Gasteiger partial charge in [0.1, 0.15) is 11.6 Å². The first-order chi connectivity index (χ1) is 6.57. The molecule has 0 saturated heterocycles. The second-order valence-corrected chi connectivity index (χ2v) is 3.63. The van der Waals surface area contributed by atoms with E-state index in [1.165, 1.54) is 6.07 Å². The average molecular weight is 266 g/mol. The molecule has 0 saturated carbocycles. The third-order valence-electron chi connectivity index (χ3n) is 1.82. The molecule has 1 unspecified atom stereocenters. The molecule has 0 radical (unpaired) electrons. The Hall–Kier alpha value is -0.520. The minimum atomic E-state index is -0.975. The summed E-state index contributed by atoms with van der Waals surface area (Å²) in [5.74, 6) is -1.43. The Labute approximate surface area is 89.1 Å². The van der Waals surface area contributed by atoms with Crippen molar-refractivity contribution >= 4 is 15.9 Å². The van der Waals surface area contributed by atoms with E-state index in [1.54, 1.807) is 7.05 Å². The van der Waals surface area contributed by atoms with E-state index in [1.807, 2.05) is 0 Å². The molecule has 0 amide bonds. The number of rotatable bonds is 3. The topological polar surface area (TPSA) is 32.3 Å². The molecule has 14 heavy (non-hydrogen) atoms. The molecule has 1 atom stereocenters. The number of likely N-dealkylation sites (N-methyl/N-ethyl adjacent to an activating group) is 1. The first-order valence-electron chi connectivity index (χ1n) is 4.04. The third-order valence-corrected chi connectivity index (χ3v) is 2.55. The number of halogens is 3. The zero-order valence-corrected chi connectivity index (χ0v) is 9.11. The van der Waals surface area contributed by atoms with Crippen molar-refractivity contribution < 1.29 is 13.9 Å². The van der Waals surface area contributed by atoms with Crippen LogP contribution in [-0.4, -0.2) is 18.7 Å². The lowest BCUT2D eigenvalue weighted by Gasteiger charge is -2.12. The van der Waals surface area contributed by atoms with Gasteiger partial charge in [-0.15, -0.1) is 0 Å². The predicted molar refractivity (Wildman–Crippen MR) is 52.9 cm³/mol. The molecule has 1 rings (SSSR count). The lowest BCUT2D eigenvalue weighted by molar-refractivity contribution is 0.172. The standard InChI is InChI=1S/C9H10BrF2NO/c1-13-4-7(14)5-2-3-6(11)8(10)9(5)12/h2-3,7,13-14H,4H2,1H3. The minimum Gasteiger partial charge on any atom is -0.387 e. The summed E-state index contributed by atoms with van der Waals surface area (Å²) in [4.78, 5) is 0. The van der Waals surface area contributed by atoms with Crippen LogP contribution in [0.2, 0.25) is 0 Å². The molecule has 0 aromatic heterocycles. The van der Waals surface area contributed by atoms with Crippen LogP contribution < -0.4 is 5.32 Å². The van der Waals surface area contributed by atoms with Gasteiger partial charge < -0.3 is 10.4 Å². The Morgan fingerprint density at radius 3 is 2.71 bits per heavy atom. The molecule has 0 heterocycles. The highest BCUT2D eigenvalue weighted by Crippen LogP contribution is 2.26. The Morgan fingerprint density at radius 1 is 1.50 bits per heavy atom. The van der Waals surface area contributed by atoms with Crippen molar-refractivity contribution in [2.75, 3.05) is 13.6 Å². The monoisotopic (exact) mass is 265 g/mol. The second-order valence-electron chi connectivity index (χ2n) is 2.84. The molecular weight excluding hydrogens is 256 g/mol. The van der Waals surface area contributed by atoms with Crippen LogP contribution in [-0.2, 0) is 0 Å². The van der Waals surface area contributed by atoms with Crippen LogP contribution in [0.15, 0.2) is 16.6 Å². The summed E-state index contributed by atoms with van der Waals surface area (Å²) >= 11 is 2.77. The summed E-state index contributed by atoms with van der Waals surface area (Å²) in [5, 5.41) is 12.2. The minimum absolute atomic E-state index is 0.0765. The van der Waals surface area contributed by atoms with Crippen LogP contribution in [0.3, 0.4) is 0 Å². The fraction of sp³-hybridized carbons (Fsp3) is 0.333. The molecule has 5 heteroatoms. The first kappa shape index (κ1) is 11.6. The lowest BCUT2D eigenvalue weighted by atomic mass is 10.1. The van der Waals surface area contributed by atoms with Crippen molar-refractivity contribution in [2.24, 2.45) is 0 Å². The summed E-state index contributed by atoms with van der Waals surface area (Å²) < 4.78 is 25.9. The molecule has 0 aliphatic rings. The van der Waals surface area contributed by atoms with Crippen molar-refractivity contribution in [1.29, 1.82) is 0 Å².